The summed E-state index contributed by atoms with van der Waals surface area (Å²) >= 11 is 5.50. The van der Waals surface area contributed by atoms with E-state index in [0.29, 0.717) is 0 Å². The van der Waals surface area contributed by atoms with Gasteiger partial charge in [-0.15, -0.1) is 0 Å². The van der Waals surface area contributed by atoms with Gasteiger partial charge in [-0.1, -0.05) is 23.7 Å². The van der Waals surface area contributed by atoms with Crippen molar-refractivity contribution in [2.75, 3.05) is 11.9 Å². The van der Waals surface area contributed by atoms with Gasteiger partial charge in [-0.25, -0.2) is 0 Å². The molecule has 1 rings (SSSR count). The summed E-state index contributed by atoms with van der Waals surface area (Å²) in [5.41, 5.74) is 4.71. The molecule has 4 N–H and O–H groups in total. The Bertz CT molecular complexity index is 477. The number of alkyl halides is 3. The summed E-state index contributed by atoms with van der Waals surface area (Å²) in [6.07, 6.45) is -4.51. The van der Waals surface area contributed by atoms with Crippen LogP contribution >= 0.6 is 11.6 Å². The summed E-state index contributed by atoms with van der Waals surface area (Å²) in [4.78, 5) is 0. The molecule has 0 aliphatic carbocycles. The molecule has 1 unspecified atom stereocenters. The third-order valence-electron chi connectivity index (χ3n) is 2.50. The van der Waals surface area contributed by atoms with Crippen LogP contribution < -0.4 is 11.1 Å². The van der Waals surface area contributed by atoms with Crippen LogP contribution in [-0.4, -0.2) is 17.6 Å². The summed E-state index contributed by atoms with van der Waals surface area (Å²) < 4.78 is 37.9. The van der Waals surface area contributed by atoms with E-state index in [1.807, 2.05) is 0 Å². The number of amidine groups is 1. The molecule has 0 spiro atoms. The first kappa shape index (κ1) is 15.4. The Morgan fingerprint density at radius 1 is 1.53 bits per heavy atom. The first-order valence-electron chi connectivity index (χ1n) is 5.33. The van der Waals surface area contributed by atoms with Gasteiger partial charge in [0.15, 0.2) is 0 Å². The molecule has 0 aromatic heterocycles. The zero-order valence-electron chi connectivity index (χ0n) is 10.0. The van der Waals surface area contributed by atoms with E-state index in [2.05, 4.69) is 10.5 Å². The molecule has 0 heterocycles. The molecule has 0 saturated carbocycles. The summed E-state index contributed by atoms with van der Waals surface area (Å²) in [5.74, 6) is -0.326. The van der Waals surface area contributed by atoms with Crippen LogP contribution in [0.25, 0.3) is 0 Å². The van der Waals surface area contributed by atoms with E-state index in [9.17, 15) is 13.2 Å². The van der Waals surface area contributed by atoms with Gasteiger partial charge in [-0.2, -0.15) is 13.2 Å². The van der Waals surface area contributed by atoms with Gasteiger partial charge >= 0.3 is 6.18 Å². The zero-order chi connectivity index (χ0) is 14.6. The highest BCUT2D eigenvalue weighted by atomic mass is 35.5. The van der Waals surface area contributed by atoms with Crippen molar-refractivity contribution in [3.05, 3.63) is 28.8 Å². The van der Waals surface area contributed by atoms with Crippen molar-refractivity contribution in [1.82, 2.24) is 0 Å². The number of anilines is 1. The van der Waals surface area contributed by atoms with E-state index in [4.69, 9.17) is 22.5 Å². The lowest BCUT2D eigenvalue weighted by molar-refractivity contribution is -0.137. The van der Waals surface area contributed by atoms with E-state index < -0.39 is 11.7 Å². The molecule has 1 aromatic rings. The molecule has 1 aromatic carbocycles. The summed E-state index contributed by atoms with van der Waals surface area (Å²) in [6.45, 7) is 1.90. The second-order valence-electron chi connectivity index (χ2n) is 4.00. The number of rotatable bonds is 4. The van der Waals surface area contributed by atoms with Gasteiger partial charge < -0.3 is 16.3 Å². The maximum atomic E-state index is 12.6. The Morgan fingerprint density at radius 2 is 2.16 bits per heavy atom. The lowest BCUT2D eigenvalue weighted by atomic mass is 10.1. The molecule has 0 radical (unpaired) electrons. The standard InChI is InChI=1S/C11H13ClF3N3O/c1-6(10(16)18-19)5-17-7-2-3-9(12)8(4-7)11(13,14)15/h2-4,6,17,19H,5H2,1H3,(H2,16,18). The van der Waals surface area contributed by atoms with E-state index >= 15 is 0 Å². The minimum atomic E-state index is -4.51. The monoisotopic (exact) mass is 295 g/mol. The third-order valence-corrected chi connectivity index (χ3v) is 2.83. The minimum absolute atomic E-state index is 0.00231. The smallest absolute Gasteiger partial charge is 0.409 e. The molecule has 0 aliphatic heterocycles. The number of oxime groups is 1. The van der Waals surface area contributed by atoms with Crippen LogP contribution in [-0.2, 0) is 6.18 Å². The number of nitrogens with zero attached hydrogens (tertiary/aromatic N) is 1. The highest BCUT2D eigenvalue weighted by Gasteiger charge is 2.33. The summed E-state index contributed by atoms with van der Waals surface area (Å²) in [6, 6.07) is 3.51. The molecule has 0 aliphatic rings. The fourth-order valence-electron chi connectivity index (χ4n) is 1.33. The van der Waals surface area contributed by atoms with Gasteiger partial charge in [0, 0.05) is 18.2 Å². The van der Waals surface area contributed by atoms with E-state index in [0.717, 1.165) is 6.07 Å². The first-order valence-corrected chi connectivity index (χ1v) is 5.71. The fraction of sp³-hybridized carbons (Fsp3) is 0.364. The van der Waals surface area contributed by atoms with Gasteiger partial charge in [0.05, 0.1) is 10.6 Å². The Labute approximate surface area is 113 Å². The van der Waals surface area contributed by atoms with Crippen LogP contribution in [0, 0.1) is 5.92 Å². The number of hydrogen-bond acceptors (Lipinski definition) is 3. The largest absolute Gasteiger partial charge is 0.417 e. The molecule has 0 fully saturated rings. The average Bonchev–Trinajstić information content (AvgIpc) is 2.35. The van der Waals surface area contributed by atoms with Gasteiger partial charge in [0.25, 0.3) is 0 Å². The Morgan fingerprint density at radius 3 is 2.68 bits per heavy atom. The first-order chi connectivity index (χ1) is 8.75. The number of benzene rings is 1. The Kier molecular flexibility index (Phi) is 4.88. The van der Waals surface area contributed by atoms with Crippen molar-refractivity contribution in [3.8, 4) is 0 Å². The summed E-state index contributed by atoms with van der Waals surface area (Å²) in [7, 11) is 0. The lowest BCUT2D eigenvalue weighted by Gasteiger charge is -2.14. The molecule has 106 valence electrons. The SMILES string of the molecule is CC(CNc1ccc(Cl)c(C(F)(F)F)c1)C(N)=NO. The number of halogens is 4. The van der Waals surface area contributed by atoms with E-state index in [1.165, 1.54) is 12.1 Å². The topological polar surface area (TPSA) is 70.6 Å². The summed E-state index contributed by atoms with van der Waals surface area (Å²) in [5, 5.41) is 13.7. The molecule has 0 amide bonds. The maximum absolute atomic E-state index is 12.6. The van der Waals surface area contributed by atoms with Crippen molar-refractivity contribution in [2.24, 2.45) is 16.8 Å². The average molecular weight is 296 g/mol. The third kappa shape index (κ3) is 4.20. The van der Waals surface area contributed by atoms with Crippen LogP contribution in [0.4, 0.5) is 18.9 Å². The molecular formula is C11H13ClF3N3O. The molecular weight excluding hydrogens is 283 g/mol. The second kappa shape index (κ2) is 6.01. The van der Waals surface area contributed by atoms with Crippen LogP contribution in [0.15, 0.2) is 23.4 Å². The van der Waals surface area contributed by atoms with Crippen molar-refractivity contribution in [1.29, 1.82) is 0 Å². The predicted molar refractivity (Wildman–Crippen MR) is 67.5 cm³/mol. The van der Waals surface area contributed by atoms with Gasteiger partial charge in [-0.3, -0.25) is 0 Å². The minimum Gasteiger partial charge on any atom is -0.409 e. The Balaban J connectivity index is 2.81. The van der Waals surface area contributed by atoms with Gasteiger partial charge in [0.2, 0.25) is 0 Å². The lowest BCUT2D eigenvalue weighted by Crippen LogP contribution is -2.27. The van der Waals surface area contributed by atoms with Crippen molar-refractivity contribution >= 4 is 23.1 Å². The van der Waals surface area contributed by atoms with Gasteiger partial charge in [-0.05, 0) is 18.2 Å². The predicted octanol–water partition coefficient (Wildman–Crippen LogP) is 3.15. The number of hydrogen-bond donors (Lipinski definition) is 3. The quantitative estimate of drug-likeness (QED) is 0.346. The highest BCUT2D eigenvalue weighted by Crippen LogP contribution is 2.36. The maximum Gasteiger partial charge on any atom is 0.417 e. The van der Waals surface area contributed by atoms with Crippen molar-refractivity contribution in [3.63, 3.8) is 0 Å². The molecule has 0 bridgehead atoms. The van der Waals surface area contributed by atoms with Crippen LogP contribution in [0.5, 0.6) is 0 Å². The normalized spacial score (nSPS) is 14.3. The van der Waals surface area contributed by atoms with E-state index in [1.54, 1.807) is 6.92 Å². The molecule has 8 heteroatoms. The molecule has 0 saturated heterocycles. The second-order valence-corrected chi connectivity index (χ2v) is 4.41. The van der Waals surface area contributed by atoms with Crippen molar-refractivity contribution < 1.29 is 18.4 Å². The number of nitrogens with two attached hydrogens (primary N) is 1. The molecule has 19 heavy (non-hydrogen) atoms. The highest BCUT2D eigenvalue weighted by molar-refractivity contribution is 6.31. The zero-order valence-corrected chi connectivity index (χ0v) is 10.8. The molecule has 1 atom stereocenters. The van der Waals surface area contributed by atoms with Crippen molar-refractivity contribution in [2.45, 2.75) is 13.1 Å². The van der Waals surface area contributed by atoms with E-state index in [-0.39, 0.29) is 29.0 Å². The van der Waals surface area contributed by atoms with Crippen LogP contribution in [0.2, 0.25) is 5.02 Å². The van der Waals surface area contributed by atoms with Crippen LogP contribution in [0.1, 0.15) is 12.5 Å². The molecule has 4 nitrogen and oxygen atoms in total. The number of nitrogens with one attached hydrogen (secondary N) is 1. The van der Waals surface area contributed by atoms with Gasteiger partial charge in [0.1, 0.15) is 5.84 Å². The fourth-order valence-corrected chi connectivity index (χ4v) is 1.55. The van der Waals surface area contributed by atoms with Crippen LogP contribution in [0.3, 0.4) is 0 Å². The Hall–Kier alpha value is -1.63.